The molecule has 5 heteroatoms. The first kappa shape index (κ1) is 8.75. The number of aromatic nitrogens is 2. The molecule has 1 aromatic rings. The van der Waals surface area contributed by atoms with Gasteiger partial charge in [0, 0.05) is 12.3 Å². The molecule has 0 aliphatic heterocycles. The van der Waals surface area contributed by atoms with Gasteiger partial charge in [-0.15, -0.1) is 0 Å². The summed E-state index contributed by atoms with van der Waals surface area (Å²) < 4.78 is 0. The molecule has 0 spiro atoms. The molecule has 0 amide bonds. The lowest BCUT2D eigenvalue weighted by molar-refractivity contribution is 1.05. The van der Waals surface area contributed by atoms with E-state index in [0.29, 0.717) is 23.2 Å². The second-order valence-electron chi connectivity index (χ2n) is 3.21. The Balaban J connectivity index is 2.26. The Kier molecular flexibility index (Phi) is 2.19. The predicted octanol–water partition coefficient (Wildman–Crippen LogP) is 1.58. The lowest BCUT2D eigenvalue weighted by Gasteiger charge is -1.97. The normalized spacial score (nSPS) is 15.7. The third-order valence-corrected chi connectivity index (χ3v) is 2.04. The Bertz CT molecular complexity index is 394. The molecule has 1 aliphatic rings. The van der Waals surface area contributed by atoms with Crippen molar-refractivity contribution in [1.82, 2.24) is 10.2 Å². The molecule has 0 unspecified atom stereocenters. The Labute approximate surface area is 81.9 Å². The van der Waals surface area contributed by atoms with E-state index in [2.05, 4.69) is 26.6 Å². The number of aliphatic imine (C=N–C) groups is 1. The molecule has 72 valence electrons. The lowest BCUT2D eigenvalue weighted by Crippen LogP contribution is -2.02. The number of hydrogen-bond acceptors (Lipinski definition) is 4. The molecule has 0 bridgehead atoms. The topological polar surface area (TPSA) is 76.9 Å². The van der Waals surface area contributed by atoms with Gasteiger partial charge in [0.1, 0.15) is 11.6 Å². The van der Waals surface area contributed by atoms with Crippen molar-refractivity contribution >= 4 is 17.9 Å². The van der Waals surface area contributed by atoms with Gasteiger partial charge in [0.2, 0.25) is 0 Å². The molecule has 0 aromatic carbocycles. The number of hydrogen-bond donors (Lipinski definition) is 2. The first-order valence-corrected chi connectivity index (χ1v) is 4.59. The monoisotopic (exact) mass is 189 g/mol. The van der Waals surface area contributed by atoms with E-state index >= 15 is 0 Å². The summed E-state index contributed by atoms with van der Waals surface area (Å²) in [5.41, 5.74) is 0.495. The van der Waals surface area contributed by atoms with E-state index in [0.717, 1.165) is 12.8 Å². The zero-order chi connectivity index (χ0) is 9.97. The van der Waals surface area contributed by atoms with Gasteiger partial charge in [0.15, 0.2) is 11.6 Å². The van der Waals surface area contributed by atoms with Gasteiger partial charge in [-0.3, -0.25) is 5.10 Å². The molecule has 5 nitrogen and oxygen atoms in total. The summed E-state index contributed by atoms with van der Waals surface area (Å²) in [6.07, 6.45) is 3.95. The van der Waals surface area contributed by atoms with Crippen molar-refractivity contribution in [3.05, 3.63) is 5.56 Å². The standard InChI is InChI=1S/C9H11N5/c1-2-11-8-7(5-10)9(14-13-8)12-6-3-4-6/h2,6H,3-4H2,1H3,(H2,12,13,14). The summed E-state index contributed by atoms with van der Waals surface area (Å²) in [6.45, 7) is 1.80. The highest BCUT2D eigenvalue weighted by atomic mass is 15.2. The first-order valence-electron chi connectivity index (χ1n) is 4.59. The smallest absolute Gasteiger partial charge is 0.168 e. The predicted molar refractivity (Wildman–Crippen MR) is 53.8 cm³/mol. The number of aromatic amines is 1. The fourth-order valence-corrected chi connectivity index (χ4v) is 1.19. The minimum Gasteiger partial charge on any atom is -0.365 e. The molecule has 1 aliphatic carbocycles. The Morgan fingerprint density at radius 3 is 3.07 bits per heavy atom. The van der Waals surface area contributed by atoms with Crippen molar-refractivity contribution in [2.75, 3.05) is 5.32 Å². The maximum Gasteiger partial charge on any atom is 0.168 e. The molecule has 2 N–H and O–H groups in total. The fourth-order valence-electron chi connectivity index (χ4n) is 1.19. The van der Waals surface area contributed by atoms with Gasteiger partial charge in [-0.1, -0.05) is 0 Å². The minimum atomic E-state index is 0.490. The van der Waals surface area contributed by atoms with Crippen LogP contribution in [0.5, 0.6) is 0 Å². The van der Waals surface area contributed by atoms with Crippen molar-refractivity contribution in [1.29, 1.82) is 5.26 Å². The summed E-state index contributed by atoms with van der Waals surface area (Å²) in [7, 11) is 0. The van der Waals surface area contributed by atoms with E-state index < -0.39 is 0 Å². The van der Waals surface area contributed by atoms with Crippen LogP contribution < -0.4 is 5.32 Å². The van der Waals surface area contributed by atoms with Crippen LogP contribution in [0, 0.1) is 11.3 Å². The van der Waals surface area contributed by atoms with Crippen LogP contribution in [-0.2, 0) is 0 Å². The highest BCUT2D eigenvalue weighted by molar-refractivity contribution is 5.68. The summed E-state index contributed by atoms with van der Waals surface area (Å²) in [5, 5.41) is 18.8. The largest absolute Gasteiger partial charge is 0.365 e. The zero-order valence-electron chi connectivity index (χ0n) is 7.91. The molecule has 1 aromatic heterocycles. The SMILES string of the molecule is CC=Nc1[nH]nc(NC2CC2)c1C#N. The second kappa shape index (κ2) is 3.50. The van der Waals surface area contributed by atoms with Gasteiger partial charge < -0.3 is 5.32 Å². The minimum absolute atomic E-state index is 0.490. The van der Waals surface area contributed by atoms with Crippen molar-refractivity contribution < 1.29 is 0 Å². The van der Waals surface area contributed by atoms with Crippen molar-refractivity contribution in [3.8, 4) is 6.07 Å². The van der Waals surface area contributed by atoms with Gasteiger partial charge >= 0.3 is 0 Å². The average molecular weight is 189 g/mol. The summed E-state index contributed by atoms with van der Waals surface area (Å²) in [6, 6.07) is 2.58. The van der Waals surface area contributed by atoms with Crippen LogP contribution in [0.2, 0.25) is 0 Å². The van der Waals surface area contributed by atoms with Crippen LogP contribution in [0.15, 0.2) is 4.99 Å². The molecule has 1 fully saturated rings. The number of nitrogens with zero attached hydrogens (tertiary/aromatic N) is 3. The highest BCUT2D eigenvalue weighted by Crippen LogP contribution is 2.28. The first-order chi connectivity index (χ1) is 6.85. The number of rotatable bonds is 3. The maximum atomic E-state index is 8.92. The van der Waals surface area contributed by atoms with Crippen molar-refractivity contribution in [2.24, 2.45) is 4.99 Å². The highest BCUT2D eigenvalue weighted by Gasteiger charge is 2.24. The van der Waals surface area contributed by atoms with Gasteiger partial charge in [-0.05, 0) is 19.8 Å². The second-order valence-corrected chi connectivity index (χ2v) is 3.21. The van der Waals surface area contributed by atoms with Crippen LogP contribution in [0.4, 0.5) is 11.6 Å². The Morgan fingerprint density at radius 1 is 1.71 bits per heavy atom. The van der Waals surface area contributed by atoms with Gasteiger partial charge in [0.05, 0.1) is 0 Å². The van der Waals surface area contributed by atoms with Crippen LogP contribution in [-0.4, -0.2) is 22.5 Å². The van der Waals surface area contributed by atoms with E-state index in [9.17, 15) is 0 Å². The third kappa shape index (κ3) is 1.59. The molecule has 1 heterocycles. The molecular formula is C9H11N5. The number of nitrogens with one attached hydrogen (secondary N) is 2. The Hall–Kier alpha value is -1.83. The Morgan fingerprint density at radius 2 is 2.50 bits per heavy atom. The molecule has 0 atom stereocenters. The summed E-state index contributed by atoms with van der Waals surface area (Å²) in [4.78, 5) is 4.02. The van der Waals surface area contributed by atoms with E-state index in [4.69, 9.17) is 5.26 Å². The van der Waals surface area contributed by atoms with Crippen molar-refractivity contribution in [3.63, 3.8) is 0 Å². The molecule has 2 rings (SSSR count). The van der Waals surface area contributed by atoms with Crippen LogP contribution in [0.25, 0.3) is 0 Å². The molecule has 14 heavy (non-hydrogen) atoms. The number of anilines is 1. The molecular weight excluding hydrogens is 178 g/mol. The lowest BCUT2D eigenvalue weighted by atomic mass is 10.3. The van der Waals surface area contributed by atoms with Crippen molar-refractivity contribution in [2.45, 2.75) is 25.8 Å². The van der Waals surface area contributed by atoms with Gasteiger partial charge in [0.25, 0.3) is 0 Å². The third-order valence-electron chi connectivity index (χ3n) is 2.04. The van der Waals surface area contributed by atoms with E-state index in [1.165, 1.54) is 0 Å². The number of nitriles is 1. The van der Waals surface area contributed by atoms with E-state index in [-0.39, 0.29) is 0 Å². The van der Waals surface area contributed by atoms with Crippen LogP contribution in [0.3, 0.4) is 0 Å². The molecule has 1 saturated carbocycles. The summed E-state index contributed by atoms with van der Waals surface area (Å²) in [5.74, 6) is 1.15. The molecule has 0 saturated heterocycles. The van der Waals surface area contributed by atoms with Gasteiger partial charge in [-0.25, -0.2) is 4.99 Å². The average Bonchev–Trinajstić information content (AvgIpc) is 2.90. The van der Waals surface area contributed by atoms with E-state index in [1.807, 2.05) is 0 Å². The fraction of sp³-hybridized carbons (Fsp3) is 0.444. The van der Waals surface area contributed by atoms with E-state index in [1.54, 1.807) is 13.1 Å². The van der Waals surface area contributed by atoms with Crippen LogP contribution in [0.1, 0.15) is 25.3 Å². The number of H-pyrrole nitrogens is 1. The zero-order valence-corrected chi connectivity index (χ0v) is 7.91. The quantitative estimate of drug-likeness (QED) is 0.708. The summed E-state index contributed by atoms with van der Waals surface area (Å²) >= 11 is 0. The van der Waals surface area contributed by atoms with Gasteiger partial charge in [-0.2, -0.15) is 10.4 Å². The maximum absolute atomic E-state index is 8.92. The molecule has 0 radical (unpaired) electrons. The van der Waals surface area contributed by atoms with Crippen LogP contribution >= 0.6 is 0 Å².